The van der Waals surface area contributed by atoms with Gasteiger partial charge < -0.3 is 0 Å². The summed E-state index contributed by atoms with van der Waals surface area (Å²) in [6.07, 6.45) is 0. The molecule has 0 radical (unpaired) electrons. The fourth-order valence-corrected chi connectivity index (χ4v) is 0. The third kappa shape index (κ3) is 8.85. The van der Waals surface area contributed by atoms with Crippen molar-refractivity contribution < 1.29 is 43.7 Å². The van der Waals surface area contributed by atoms with Crippen LogP contribution in [0, 0.1) is 39.9 Å². The van der Waals surface area contributed by atoms with E-state index in [1.54, 1.807) is 0 Å². The summed E-state index contributed by atoms with van der Waals surface area (Å²) in [6.45, 7) is 0. The minimum absolute atomic E-state index is 0. The Balaban J connectivity index is -0.00000000500. The van der Waals surface area contributed by atoms with E-state index < -0.39 is 0 Å². The summed E-state index contributed by atoms with van der Waals surface area (Å²) >= 11 is 0.611. The van der Waals surface area contributed by atoms with Crippen LogP contribution in [0.4, 0.5) is 0 Å². The third-order valence-corrected chi connectivity index (χ3v) is 0. The average molecular weight is 274 g/mol. The van der Waals surface area contributed by atoms with Crippen molar-refractivity contribution in [1.29, 1.82) is 0 Å². The molecule has 0 fully saturated rings. The molecule has 0 bridgehead atoms. The summed E-state index contributed by atoms with van der Waals surface area (Å²) < 4.78 is 8.28. The molecule has 0 aromatic carbocycles. The average Bonchev–Trinajstić information content (AvgIpc) is 1.00. The van der Waals surface area contributed by atoms with E-state index in [2.05, 4.69) is 0 Å². The standard InChI is InChI=1S/Al.Ga.Gd.O.4H. The van der Waals surface area contributed by atoms with Crippen molar-refractivity contribution in [3.8, 4) is 0 Å². The van der Waals surface area contributed by atoms with Crippen LogP contribution in [0.3, 0.4) is 0 Å². The zero-order valence-corrected chi connectivity index (χ0v) is 5.15. The van der Waals surface area contributed by atoms with Gasteiger partial charge in [-0.25, -0.2) is 0 Å². The van der Waals surface area contributed by atoms with Gasteiger partial charge in [0.2, 0.25) is 0 Å². The molecule has 0 N–H and O–H groups in total. The first-order valence-electron chi connectivity index (χ1n) is 0.289. The summed E-state index contributed by atoms with van der Waals surface area (Å²) in [5.41, 5.74) is 0. The molecule has 0 aromatic rings. The van der Waals surface area contributed by atoms with Crippen LogP contribution < -0.4 is 0 Å². The Morgan fingerprint density at radius 2 is 1.25 bits per heavy atom. The molecule has 0 aromatic heterocycles. The molecule has 0 aliphatic rings. The van der Waals surface area contributed by atoms with Crippen LogP contribution in [0.1, 0.15) is 0 Å². The molecule has 0 saturated heterocycles. The minimum atomic E-state index is 0. The van der Waals surface area contributed by atoms with Crippen molar-refractivity contribution in [2.45, 2.75) is 0 Å². The molecule has 0 amide bonds. The second kappa shape index (κ2) is 18.6. The molecule has 0 aliphatic heterocycles. The van der Waals surface area contributed by atoms with Crippen LogP contribution in [-0.2, 0) is 3.80 Å². The molecule has 0 rings (SSSR count). The van der Waals surface area contributed by atoms with Crippen molar-refractivity contribution in [2.75, 3.05) is 0 Å². The van der Waals surface area contributed by atoms with Gasteiger partial charge in [-0.2, -0.15) is 0 Å². The van der Waals surface area contributed by atoms with Crippen molar-refractivity contribution >= 4 is 36.0 Å². The van der Waals surface area contributed by atoms with Crippen LogP contribution in [0.2, 0.25) is 0 Å². The van der Waals surface area contributed by atoms with E-state index in [0.29, 0.717) is 16.2 Å². The fourth-order valence-electron chi connectivity index (χ4n) is 0. The molecule has 0 atom stereocenters. The van der Waals surface area contributed by atoms with E-state index in [4.69, 9.17) is 3.80 Å². The molecule has 4 heavy (non-hydrogen) atoms. The van der Waals surface area contributed by atoms with Crippen LogP contribution in [0.5, 0.6) is 0 Å². The molecule has 24 valence electrons. The summed E-state index contributed by atoms with van der Waals surface area (Å²) in [5, 5.41) is 0. The van der Waals surface area contributed by atoms with Gasteiger partial charge in [0.05, 0.1) is 0 Å². The summed E-state index contributed by atoms with van der Waals surface area (Å²) in [5.74, 6) is 0. The number of hydrogen-bond acceptors (Lipinski definition) is 1. The van der Waals surface area contributed by atoms with Crippen molar-refractivity contribution in [3.63, 3.8) is 0 Å². The zero-order valence-electron chi connectivity index (χ0n) is 1.47. The molecular weight excluding hydrogens is 270 g/mol. The third-order valence-electron chi connectivity index (χ3n) is 0. The van der Waals surface area contributed by atoms with Crippen molar-refractivity contribution in [1.82, 2.24) is 0 Å². The van der Waals surface area contributed by atoms with Gasteiger partial charge >= 0.3 is 39.8 Å². The quantitative estimate of drug-likeness (QED) is 0.469. The normalized spacial score (nSPS) is 0.750. The van der Waals surface area contributed by atoms with Crippen molar-refractivity contribution in [3.05, 3.63) is 0 Å². The van der Waals surface area contributed by atoms with Gasteiger partial charge in [-0.15, -0.1) is 0 Å². The zero-order chi connectivity index (χ0) is 2.00. The Morgan fingerprint density at radius 1 is 1.25 bits per heavy atom. The molecule has 0 unspecified atom stereocenters. The van der Waals surface area contributed by atoms with E-state index in [1.165, 1.54) is 0 Å². The van der Waals surface area contributed by atoms with E-state index in [-0.39, 0.29) is 59.7 Å². The Labute approximate surface area is 78.3 Å². The first kappa shape index (κ1) is 16.3. The maximum atomic E-state index is 8.28. The SMILES string of the molecule is [GaH3].[Gd].[O]=[AlH]. The molecule has 0 saturated carbocycles. The fraction of sp³-hybridized carbons (Fsp3) is 0. The first-order valence-corrected chi connectivity index (χ1v) is 0.866. The van der Waals surface area contributed by atoms with Crippen LogP contribution >= 0.6 is 0 Å². The number of hydrogen-bond donors (Lipinski definition) is 0. The van der Waals surface area contributed by atoms with Crippen molar-refractivity contribution in [2.24, 2.45) is 0 Å². The summed E-state index contributed by atoms with van der Waals surface area (Å²) in [6, 6.07) is 0. The Hall–Kier alpha value is 2.29. The summed E-state index contributed by atoms with van der Waals surface area (Å²) in [4.78, 5) is 0. The van der Waals surface area contributed by atoms with Crippen LogP contribution in [0.25, 0.3) is 0 Å². The summed E-state index contributed by atoms with van der Waals surface area (Å²) in [7, 11) is 0. The molecule has 0 spiro atoms. The maximum absolute atomic E-state index is 8.28. The van der Waals surface area contributed by atoms with E-state index in [0.717, 1.165) is 0 Å². The molecule has 4 heteroatoms. The van der Waals surface area contributed by atoms with Crippen LogP contribution in [-0.4, -0.2) is 36.0 Å². The van der Waals surface area contributed by atoms with Gasteiger partial charge in [0, 0.05) is 39.9 Å². The van der Waals surface area contributed by atoms with Gasteiger partial charge in [0.25, 0.3) is 0 Å². The van der Waals surface area contributed by atoms with E-state index >= 15 is 0 Å². The predicted octanol–water partition coefficient (Wildman–Crippen LogP) is -1.95. The van der Waals surface area contributed by atoms with E-state index in [1.807, 2.05) is 0 Å². The predicted molar refractivity (Wildman–Crippen MR) is 17.8 cm³/mol. The molecule has 1 nitrogen and oxygen atoms in total. The number of rotatable bonds is 0. The van der Waals surface area contributed by atoms with Gasteiger partial charge in [0.15, 0.2) is 0 Å². The monoisotopic (exact) mass is 274 g/mol. The topological polar surface area (TPSA) is 17.1 Å². The second-order valence-electron chi connectivity index (χ2n) is 0. The van der Waals surface area contributed by atoms with Gasteiger partial charge in [-0.1, -0.05) is 0 Å². The van der Waals surface area contributed by atoms with Crippen LogP contribution in [0.15, 0.2) is 0 Å². The molecule has 0 heterocycles. The Kier molecular flexibility index (Phi) is 75.4. The Bertz CT molecular complexity index is 8.00. The van der Waals surface area contributed by atoms with Gasteiger partial charge in [0.1, 0.15) is 0 Å². The van der Waals surface area contributed by atoms with Gasteiger partial charge in [-0.3, -0.25) is 0 Å². The Morgan fingerprint density at radius 3 is 1.25 bits per heavy atom. The van der Waals surface area contributed by atoms with E-state index in [9.17, 15) is 0 Å². The molecular formula is H4AlGaGdO. The second-order valence-corrected chi connectivity index (χ2v) is 0. The van der Waals surface area contributed by atoms with Gasteiger partial charge in [-0.05, 0) is 0 Å². The first-order chi connectivity index (χ1) is 1.00. The molecule has 0 aliphatic carbocycles.